The van der Waals surface area contributed by atoms with Gasteiger partial charge in [0.15, 0.2) is 0 Å². The molecule has 156 valence electrons. The summed E-state index contributed by atoms with van der Waals surface area (Å²) < 4.78 is 5.30. The fourth-order valence-electron chi connectivity index (χ4n) is 2.45. The molecule has 30 heavy (non-hydrogen) atoms. The molecular formula is C19H18Cl2N6O2S. The molecule has 4 N–H and O–H groups in total. The minimum atomic E-state index is -0.224. The van der Waals surface area contributed by atoms with Crippen molar-refractivity contribution in [3.05, 3.63) is 58.3 Å². The molecule has 3 rings (SSSR count). The van der Waals surface area contributed by atoms with Crippen LogP contribution in [0.5, 0.6) is 5.75 Å². The van der Waals surface area contributed by atoms with Crippen LogP contribution >= 0.6 is 35.0 Å². The van der Waals surface area contributed by atoms with Crippen LogP contribution in [-0.2, 0) is 10.5 Å². The minimum Gasteiger partial charge on any atom is -0.495 e. The first kappa shape index (κ1) is 21.9. The lowest BCUT2D eigenvalue weighted by atomic mass is 10.3. The topological polar surface area (TPSA) is 115 Å². The number of nitrogen functional groups attached to an aromatic ring is 1. The number of carbonyl (C=O) groups excluding carboxylic acids is 1. The molecule has 0 spiro atoms. The van der Waals surface area contributed by atoms with Gasteiger partial charge in [0.05, 0.1) is 40.0 Å². The second-order valence-corrected chi connectivity index (χ2v) is 7.67. The third-order valence-corrected chi connectivity index (χ3v) is 5.49. The first-order valence-corrected chi connectivity index (χ1v) is 10.6. The van der Waals surface area contributed by atoms with Gasteiger partial charge in [-0.25, -0.2) is 0 Å². The second-order valence-electron chi connectivity index (χ2n) is 5.90. The van der Waals surface area contributed by atoms with Crippen molar-refractivity contribution in [1.29, 1.82) is 0 Å². The van der Waals surface area contributed by atoms with Crippen molar-refractivity contribution in [3.8, 4) is 5.75 Å². The molecule has 0 saturated heterocycles. The molecule has 0 saturated carbocycles. The van der Waals surface area contributed by atoms with Gasteiger partial charge < -0.3 is 21.1 Å². The van der Waals surface area contributed by atoms with E-state index in [1.165, 1.54) is 11.8 Å². The van der Waals surface area contributed by atoms with Crippen molar-refractivity contribution in [2.75, 3.05) is 29.2 Å². The van der Waals surface area contributed by atoms with Gasteiger partial charge in [-0.1, -0.05) is 41.4 Å². The quantitative estimate of drug-likeness (QED) is 0.449. The van der Waals surface area contributed by atoms with Crippen molar-refractivity contribution in [2.24, 2.45) is 0 Å². The molecule has 0 aliphatic heterocycles. The summed E-state index contributed by atoms with van der Waals surface area (Å²) in [6.45, 7) is 0. The van der Waals surface area contributed by atoms with Crippen LogP contribution in [0.3, 0.4) is 0 Å². The van der Waals surface area contributed by atoms with Crippen LogP contribution in [-0.4, -0.2) is 33.7 Å². The smallest absolute Gasteiger partial charge is 0.234 e. The van der Waals surface area contributed by atoms with E-state index < -0.39 is 0 Å². The number of halogens is 2. The Morgan fingerprint density at radius 1 is 1.10 bits per heavy atom. The first-order chi connectivity index (χ1) is 14.5. The van der Waals surface area contributed by atoms with Crippen molar-refractivity contribution in [2.45, 2.75) is 5.75 Å². The highest BCUT2D eigenvalue weighted by Gasteiger charge is 2.11. The van der Waals surface area contributed by atoms with E-state index in [2.05, 4.69) is 25.6 Å². The molecule has 3 aromatic rings. The van der Waals surface area contributed by atoms with Gasteiger partial charge in [0, 0.05) is 0 Å². The van der Waals surface area contributed by atoms with E-state index in [4.69, 9.17) is 33.7 Å². The Morgan fingerprint density at radius 3 is 2.67 bits per heavy atom. The van der Waals surface area contributed by atoms with E-state index in [0.717, 1.165) is 0 Å². The number of nitrogens with one attached hydrogen (secondary N) is 2. The zero-order chi connectivity index (χ0) is 21.5. The van der Waals surface area contributed by atoms with Crippen LogP contribution in [0.1, 0.15) is 5.82 Å². The summed E-state index contributed by atoms with van der Waals surface area (Å²) in [5, 5.41) is 6.46. The summed E-state index contributed by atoms with van der Waals surface area (Å²) in [6.07, 6.45) is 0. The Bertz CT molecular complexity index is 1050. The zero-order valence-corrected chi connectivity index (χ0v) is 18.2. The van der Waals surface area contributed by atoms with Gasteiger partial charge in [0.1, 0.15) is 11.6 Å². The molecule has 8 nitrogen and oxygen atoms in total. The summed E-state index contributed by atoms with van der Waals surface area (Å²) >= 11 is 13.4. The summed E-state index contributed by atoms with van der Waals surface area (Å²) in [5.74, 6) is 1.76. The normalized spacial score (nSPS) is 10.5. The highest BCUT2D eigenvalue weighted by molar-refractivity contribution is 7.99. The highest BCUT2D eigenvalue weighted by atomic mass is 35.5. The molecule has 0 radical (unpaired) electrons. The Morgan fingerprint density at radius 2 is 1.87 bits per heavy atom. The van der Waals surface area contributed by atoms with Gasteiger partial charge in [-0.3, -0.25) is 4.79 Å². The summed E-state index contributed by atoms with van der Waals surface area (Å²) in [7, 11) is 1.58. The van der Waals surface area contributed by atoms with Gasteiger partial charge in [0.25, 0.3) is 0 Å². The number of nitrogens with two attached hydrogens (primary N) is 1. The number of carbonyl (C=O) groups is 1. The maximum atomic E-state index is 12.2. The van der Waals surface area contributed by atoms with Crippen molar-refractivity contribution in [3.63, 3.8) is 0 Å². The number of ether oxygens (including phenoxy) is 1. The van der Waals surface area contributed by atoms with Crippen molar-refractivity contribution in [1.82, 2.24) is 15.0 Å². The molecule has 1 amide bonds. The lowest BCUT2D eigenvalue weighted by Crippen LogP contribution is -2.15. The lowest BCUT2D eigenvalue weighted by molar-refractivity contribution is -0.113. The largest absolute Gasteiger partial charge is 0.495 e. The number of methoxy groups -OCH3 is 1. The standard InChI is InChI=1S/C19H18Cl2N6O2S/c1-29-14-8-3-2-6-12(14)24-19-26-15(25-18(22)27-19)9-30-10-16(28)23-13-7-4-5-11(20)17(13)21/h2-8H,9-10H2,1H3,(H,23,28)(H3,22,24,25,26,27). The number of hydrogen-bond acceptors (Lipinski definition) is 8. The molecule has 1 heterocycles. The number of amides is 1. The number of anilines is 4. The van der Waals surface area contributed by atoms with E-state index in [1.807, 2.05) is 24.3 Å². The van der Waals surface area contributed by atoms with E-state index in [-0.39, 0.29) is 23.6 Å². The van der Waals surface area contributed by atoms with Gasteiger partial charge in [-0.2, -0.15) is 15.0 Å². The highest BCUT2D eigenvalue weighted by Crippen LogP contribution is 2.29. The number of hydrogen-bond donors (Lipinski definition) is 3. The second kappa shape index (κ2) is 10.3. The molecule has 11 heteroatoms. The fraction of sp³-hybridized carbons (Fsp3) is 0.158. The van der Waals surface area contributed by atoms with Crippen LogP contribution in [0.25, 0.3) is 0 Å². The van der Waals surface area contributed by atoms with Crippen molar-refractivity contribution >= 4 is 64.1 Å². The third kappa shape index (κ3) is 5.88. The number of para-hydroxylation sites is 2. The lowest BCUT2D eigenvalue weighted by Gasteiger charge is -2.11. The van der Waals surface area contributed by atoms with Crippen LogP contribution < -0.4 is 21.1 Å². The number of rotatable bonds is 8. The van der Waals surface area contributed by atoms with Crippen LogP contribution in [0.15, 0.2) is 42.5 Å². The molecule has 0 bridgehead atoms. The van der Waals surface area contributed by atoms with Gasteiger partial charge in [-0.15, -0.1) is 11.8 Å². The first-order valence-electron chi connectivity index (χ1n) is 8.68. The van der Waals surface area contributed by atoms with Gasteiger partial charge in [0.2, 0.25) is 17.8 Å². The van der Waals surface area contributed by atoms with E-state index >= 15 is 0 Å². The third-order valence-electron chi connectivity index (χ3n) is 3.74. The average Bonchev–Trinajstić information content (AvgIpc) is 2.71. The summed E-state index contributed by atoms with van der Waals surface area (Å²) in [4.78, 5) is 24.7. The average molecular weight is 465 g/mol. The van der Waals surface area contributed by atoms with E-state index in [9.17, 15) is 4.79 Å². The molecular weight excluding hydrogens is 447 g/mol. The van der Waals surface area contributed by atoms with Gasteiger partial charge in [-0.05, 0) is 24.3 Å². The van der Waals surface area contributed by atoms with Gasteiger partial charge >= 0.3 is 0 Å². The van der Waals surface area contributed by atoms with Crippen LogP contribution in [0.2, 0.25) is 10.0 Å². The Labute approximate surface area is 187 Å². The number of aromatic nitrogens is 3. The predicted molar refractivity (Wildman–Crippen MR) is 122 cm³/mol. The molecule has 0 aliphatic carbocycles. The monoisotopic (exact) mass is 464 g/mol. The summed E-state index contributed by atoms with van der Waals surface area (Å²) in [5.41, 5.74) is 6.96. The number of thioether (sulfide) groups is 1. The molecule has 0 atom stereocenters. The molecule has 2 aromatic carbocycles. The summed E-state index contributed by atoms with van der Waals surface area (Å²) in [6, 6.07) is 12.4. The number of benzene rings is 2. The Balaban J connectivity index is 1.59. The van der Waals surface area contributed by atoms with E-state index in [1.54, 1.807) is 25.3 Å². The Hall–Kier alpha value is -2.75. The van der Waals surface area contributed by atoms with Crippen molar-refractivity contribution < 1.29 is 9.53 Å². The molecule has 0 unspecified atom stereocenters. The maximum Gasteiger partial charge on any atom is 0.234 e. The maximum absolute atomic E-state index is 12.2. The molecule has 0 aliphatic rings. The molecule has 0 fully saturated rings. The van der Waals surface area contributed by atoms with E-state index in [0.29, 0.717) is 38.7 Å². The predicted octanol–water partition coefficient (Wildman–Crippen LogP) is 4.38. The number of nitrogens with zero attached hydrogens (tertiary/aromatic N) is 3. The minimum absolute atomic E-state index is 0.0770. The fourth-order valence-corrected chi connectivity index (χ4v) is 3.47. The SMILES string of the molecule is COc1ccccc1Nc1nc(N)nc(CSCC(=O)Nc2cccc(Cl)c2Cl)n1. The van der Waals surface area contributed by atoms with Crippen LogP contribution in [0, 0.1) is 0 Å². The zero-order valence-electron chi connectivity index (χ0n) is 15.9. The molecule has 1 aromatic heterocycles. The van der Waals surface area contributed by atoms with Crippen LogP contribution in [0.4, 0.5) is 23.3 Å². The Kier molecular flexibility index (Phi) is 7.56.